The van der Waals surface area contributed by atoms with Crippen molar-refractivity contribution >= 4 is 17.8 Å². The van der Waals surface area contributed by atoms with Gasteiger partial charge in [-0.2, -0.15) is 0 Å². The molecule has 0 aromatic heterocycles. The molecule has 0 aliphatic rings. The Bertz CT molecular complexity index is 487. The van der Waals surface area contributed by atoms with Gasteiger partial charge in [0.2, 0.25) is 5.91 Å². The Morgan fingerprint density at radius 2 is 1.80 bits per heavy atom. The minimum absolute atomic E-state index is 0.371. The van der Waals surface area contributed by atoms with E-state index < -0.39 is 29.9 Å². The lowest BCUT2D eigenvalue weighted by Crippen LogP contribution is -2.50. The van der Waals surface area contributed by atoms with Crippen molar-refractivity contribution in [1.29, 1.82) is 0 Å². The number of rotatable bonds is 6. The van der Waals surface area contributed by atoms with E-state index in [1.807, 2.05) is 0 Å². The molecule has 7 heteroatoms. The van der Waals surface area contributed by atoms with Crippen LogP contribution in [-0.2, 0) is 9.59 Å². The maximum atomic E-state index is 11.6. The fourth-order valence-corrected chi connectivity index (χ4v) is 1.47. The van der Waals surface area contributed by atoms with Crippen molar-refractivity contribution in [3.05, 3.63) is 35.9 Å². The lowest BCUT2D eigenvalue weighted by molar-refractivity contribution is -0.144. The highest BCUT2D eigenvalue weighted by atomic mass is 16.4. The van der Waals surface area contributed by atoms with Gasteiger partial charge in [-0.25, -0.2) is 4.79 Å². The Labute approximate surface area is 115 Å². The summed E-state index contributed by atoms with van der Waals surface area (Å²) in [6.45, 7) is 0.881. The van der Waals surface area contributed by atoms with Gasteiger partial charge in [0.15, 0.2) is 6.04 Å². The Hall–Kier alpha value is -2.41. The highest BCUT2D eigenvalue weighted by Crippen LogP contribution is 1.97. The molecular weight excluding hydrogens is 264 g/mol. The van der Waals surface area contributed by atoms with Gasteiger partial charge in [0.1, 0.15) is 0 Å². The molecule has 0 heterocycles. The van der Waals surface area contributed by atoms with Crippen LogP contribution in [0.2, 0.25) is 0 Å². The van der Waals surface area contributed by atoms with Crippen LogP contribution in [0.1, 0.15) is 17.3 Å². The van der Waals surface area contributed by atoms with Gasteiger partial charge in [0, 0.05) is 5.56 Å². The summed E-state index contributed by atoms with van der Waals surface area (Å²) >= 11 is 0. The predicted molar refractivity (Wildman–Crippen MR) is 70.0 cm³/mol. The van der Waals surface area contributed by atoms with Gasteiger partial charge in [-0.15, -0.1) is 0 Å². The highest BCUT2D eigenvalue weighted by molar-refractivity contribution is 5.96. The zero-order valence-corrected chi connectivity index (χ0v) is 10.9. The van der Waals surface area contributed by atoms with Crippen molar-refractivity contribution in [3.8, 4) is 0 Å². The van der Waals surface area contributed by atoms with Crippen molar-refractivity contribution in [3.63, 3.8) is 0 Å². The molecule has 7 nitrogen and oxygen atoms in total. The molecule has 0 spiro atoms. The average Bonchev–Trinajstić information content (AvgIpc) is 2.42. The summed E-state index contributed by atoms with van der Waals surface area (Å²) in [7, 11) is 0. The molecule has 0 aliphatic heterocycles. The highest BCUT2D eigenvalue weighted by Gasteiger charge is 2.24. The number of hydrogen-bond donors (Lipinski definition) is 4. The largest absolute Gasteiger partial charge is 0.480 e. The van der Waals surface area contributed by atoms with E-state index in [1.54, 1.807) is 30.3 Å². The molecule has 108 valence electrons. The summed E-state index contributed by atoms with van der Waals surface area (Å²) in [6, 6.07) is 6.89. The second-order valence-electron chi connectivity index (χ2n) is 4.17. The van der Waals surface area contributed by atoms with Crippen molar-refractivity contribution in [1.82, 2.24) is 10.6 Å². The Morgan fingerprint density at radius 3 is 2.30 bits per heavy atom. The summed E-state index contributed by atoms with van der Waals surface area (Å²) in [5.41, 5.74) is 0.394. The first-order valence-electron chi connectivity index (χ1n) is 5.95. The van der Waals surface area contributed by atoms with E-state index in [4.69, 9.17) is 5.11 Å². The number of carboxylic acid groups (broad SMARTS) is 1. The molecule has 0 saturated carbocycles. The zero-order chi connectivity index (χ0) is 15.1. The molecule has 0 saturated heterocycles. The van der Waals surface area contributed by atoms with Gasteiger partial charge >= 0.3 is 5.97 Å². The molecule has 0 fully saturated rings. The number of aliphatic hydroxyl groups is 1. The van der Waals surface area contributed by atoms with Gasteiger partial charge in [-0.05, 0) is 19.1 Å². The summed E-state index contributed by atoms with van der Waals surface area (Å²) < 4.78 is 0. The fraction of sp³-hybridized carbons (Fsp3) is 0.308. The van der Waals surface area contributed by atoms with Gasteiger partial charge in [-0.3, -0.25) is 9.59 Å². The third-order valence-electron chi connectivity index (χ3n) is 2.51. The number of benzene rings is 1. The topological polar surface area (TPSA) is 116 Å². The third kappa shape index (κ3) is 4.69. The molecule has 0 radical (unpaired) electrons. The molecule has 2 atom stereocenters. The van der Waals surface area contributed by atoms with Crippen LogP contribution in [0.3, 0.4) is 0 Å². The third-order valence-corrected chi connectivity index (χ3v) is 2.51. The lowest BCUT2D eigenvalue weighted by Gasteiger charge is -2.17. The van der Waals surface area contributed by atoms with Crippen molar-refractivity contribution < 1.29 is 24.6 Å². The maximum absolute atomic E-state index is 11.6. The van der Waals surface area contributed by atoms with E-state index in [0.29, 0.717) is 5.56 Å². The molecule has 1 aromatic carbocycles. The standard InChI is InChI=1S/C13H16N2O5/c1-8(16)11(13(19)20)15-10(17)7-14-12(18)9-5-3-2-4-6-9/h2-6,8,11,16H,7H2,1H3,(H,14,18)(H,15,17)(H,19,20)/t8-,11+/m1/s1. The van der Waals surface area contributed by atoms with Crippen LogP contribution in [0.15, 0.2) is 30.3 Å². The Balaban J connectivity index is 2.47. The minimum Gasteiger partial charge on any atom is -0.480 e. The molecule has 20 heavy (non-hydrogen) atoms. The first kappa shape index (κ1) is 15.6. The normalized spacial score (nSPS) is 13.1. The number of hydrogen-bond acceptors (Lipinski definition) is 4. The molecular formula is C13H16N2O5. The number of aliphatic hydroxyl groups excluding tert-OH is 1. The van der Waals surface area contributed by atoms with Crippen LogP contribution in [0.5, 0.6) is 0 Å². The summed E-state index contributed by atoms with van der Waals surface area (Å²) in [4.78, 5) is 33.9. The van der Waals surface area contributed by atoms with Crippen LogP contribution in [-0.4, -0.2) is 46.7 Å². The summed E-state index contributed by atoms with van der Waals surface area (Å²) in [5, 5.41) is 22.5. The first-order valence-corrected chi connectivity index (χ1v) is 5.95. The number of amides is 2. The maximum Gasteiger partial charge on any atom is 0.328 e. The molecule has 1 rings (SSSR count). The van der Waals surface area contributed by atoms with Crippen LogP contribution in [0.4, 0.5) is 0 Å². The Kier molecular flexibility index (Phi) is 5.67. The van der Waals surface area contributed by atoms with Crippen molar-refractivity contribution in [2.24, 2.45) is 0 Å². The zero-order valence-electron chi connectivity index (χ0n) is 10.9. The Morgan fingerprint density at radius 1 is 1.20 bits per heavy atom. The SMILES string of the molecule is C[C@@H](O)[C@H](NC(=O)CNC(=O)c1ccccc1)C(=O)O. The molecule has 4 N–H and O–H groups in total. The number of nitrogens with one attached hydrogen (secondary N) is 2. The molecule has 2 amide bonds. The molecule has 0 aliphatic carbocycles. The number of carbonyl (C=O) groups is 3. The van der Waals surface area contributed by atoms with Gasteiger partial charge in [0.25, 0.3) is 5.91 Å². The first-order chi connectivity index (χ1) is 9.41. The number of aliphatic carboxylic acids is 1. The minimum atomic E-state index is -1.41. The van der Waals surface area contributed by atoms with Gasteiger partial charge < -0.3 is 20.8 Å². The molecule has 0 bridgehead atoms. The number of carbonyl (C=O) groups excluding carboxylic acids is 2. The lowest BCUT2D eigenvalue weighted by atomic mass is 10.2. The monoisotopic (exact) mass is 280 g/mol. The van der Waals surface area contributed by atoms with E-state index in [-0.39, 0.29) is 6.54 Å². The smallest absolute Gasteiger partial charge is 0.328 e. The quantitative estimate of drug-likeness (QED) is 0.553. The van der Waals surface area contributed by atoms with Gasteiger partial charge in [-0.1, -0.05) is 18.2 Å². The van der Waals surface area contributed by atoms with E-state index >= 15 is 0 Å². The second-order valence-corrected chi connectivity index (χ2v) is 4.17. The fourth-order valence-electron chi connectivity index (χ4n) is 1.47. The predicted octanol–water partition coefficient (Wildman–Crippen LogP) is -0.633. The van der Waals surface area contributed by atoms with E-state index in [2.05, 4.69) is 10.6 Å². The second kappa shape index (κ2) is 7.25. The van der Waals surface area contributed by atoms with Crippen LogP contribution >= 0.6 is 0 Å². The van der Waals surface area contributed by atoms with Crippen LogP contribution < -0.4 is 10.6 Å². The van der Waals surface area contributed by atoms with E-state index in [1.165, 1.54) is 6.92 Å². The van der Waals surface area contributed by atoms with Crippen LogP contribution in [0.25, 0.3) is 0 Å². The molecule has 0 unspecified atom stereocenters. The van der Waals surface area contributed by atoms with Gasteiger partial charge in [0.05, 0.1) is 12.6 Å². The van der Waals surface area contributed by atoms with E-state index in [9.17, 15) is 19.5 Å². The average molecular weight is 280 g/mol. The summed E-state index contributed by atoms with van der Waals surface area (Å²) in [6.07, 6.45) is -1.23. The van der Waals surface area contributed by atoms with Crippen molar-refractivity contribution in [2.45, 2.75) is 19.1 Å². The van der Waals surface area contributed by atoms with E-state index in [0.717, 1.165) is 0 Å². The summed E-state index contributed by atoms with van der Waals surface area (Å²) in [5.74, 6) is -2.48. The molecule has 1 aromatic rings. The van der Waals surface area contributed by atoms with Crippen LogP contribution in [0, 0.1) is 0 Å². The van der Waals surface area contributed by atoms with Crippen molar-refractivity contribution in [2.75, 3.05) is 6.54 Å². The number of carboxylic acids is 1.